The number of hydrogen-bond acceptors (Lipinski definition) is 7. The molecule has 0 saturated carbocycles. The van der Waals surface area contributed by atoms with Gasteiger partial charge in [0.1, 0.15) is 22.9 Å². The molecule has 166 valence electrons. The molecule has 0 unspecified atom stereocenters. The minimum atomic E-state index is 0.682. The third kappa shape index (κ3) is 4.45. The number of allylic oxidation sites excluding steroid dienone is 2. The molecular weight excluding hydrogens is 424 g/mol. The van der Waals surface area contributed by atoms with Gasteiger partial charge in [-0.3, -0.25) is 4.57 Å². The number of ether oxygens (including phenoxy) is 3. The number of thioether (sulfide) groups is 1. The second-order valence-corrected chi connectivity index (χ2v) is 8.20. The molecule has 0 fully saturated rings. The zero-order valence-corrected chi connectivity index (χ0v) is 19.4. The molecular formula is C24H26N4O3S. The Morgan fingerprint density at radius 1 is 0.969 bits per heavy atom. The summed E-state index contributed by atoms with van der Waals surface area (Å²) in [6.07, 6.45) is 4.09. The van der Waals surface area contributed by atoms with Crippen LogP contribution in [0.4, 0.5) is 0 Å². The van der Waals surface area contributed by atoms with Crippen LogP contribution in [0.2, 0.25) is 0 Å². The Bertz CT molecular complexity index is 1130. The number of methoxy groups -OCH3 is 3. The van der Waals surface area contributed by atoms with E-state index in [1.165, 1.54) is 5.57 Å². The van der Waals surface area contributed by atoms with E-state index in [4.69, 9.17) is 14.2 Å². The summed E-state index contributed by atoms with van der Waals surface area (Å²) in [5, 5.41) is 13.1. The number of hydrogen-bond donors (Lipinski definition) is 1. The first-order valence-corrected chi connectivity index (χ1v) is 11.2. The van der Waals surface area contributed by atoms with E-state index >= 15 is 0 Å². The first-order chi connectivity index (χ1) is 15.6. The van der Waals surface area contributed by atoms with Crippen molar-refractivity contribution in [2.75, 3.05) is 27.9 Å². The van der Waals surface area contributed by atoms with E-state index in [0.29, 0.717) is 11.5 Å². The molecule has 0 atom stereocenters. The van der Waals surface area contributed by atoms with Gasteiger partial charge < -0.3 is 19.5 Å². The topological polar surface area (TPSA) is 70.4 Å². The maximum atomic E-state index is 5.69. The van der Waals surface area contributed by atoms with Gasteiger partial charge in [0, 0.05) is 24.1 Å². The smallest absolute Gasteiger partial charge is 0.196 e. The summed E-state index contributed by atoms with van der Waals surface area (Å²) < 4.78 is 18.6. The summed E-state index contributed by atoms with van der Waals surface area (Å²) in [6, 6.07) is 13.7. The van der Waals surface area contributed by atoms with E-state index in [9.17, 15) is 0 Å². The molecule has 0 spiro atoms. The van der Waals surface area contributed by atoms with Crippen LogP contribution in [-0.4, -0.2) is 42.6 Å². The van der Waals surface area contributed by atoms with Crippen molar-refractivity contribution in [3.8, 4) is 22.9 Å². The molecule has 0 radical (unpaired) electrons. The molecule has 0 bridgehead atoms. The number of aromatic nitrogens is 3. The predicted octanol–water partition coefficient (Wildman–Crippen LogP) is 4.48. The van der Waals surface area contributed by atoms with Crippen molar-refractivity contribution in [3.63, 3.8) is 0 Å². The van der Waals surface area contributed by atoms with Crippen LogP contribution in [0.5, 0.6) is 17.2 Å². The van der Waals surface area contributed by atoms with E-state index in [1.807, 2.05) is 41.1 Å². The molecule has 7 nitrogen and oxygen atoms in total. The van der Waals surface area contributed by atoms with E-state index in [-0.39, 0.29) is 0 Å². The van der Waals surface area contributed by atoms with Crippen molar-refractivity contribution in [2.24, 2.45) is 0 Å². The van der Waals surface area contributed by atoms with Gasteiger partial charge >= 0.3 is 0 Å². The average Bonchev–Trinajstić information content (AvgIpc) is 3.26. The highest BCUT2D eigenvalue weighted by Crippen LogP contribution is 2.38. The SMILES string of the molecule is COc1ccc(CSc2nnc(C3=CNCC(C)=C3)n2-c2c(OC)cccc2OC)cc1. The van der Waals surface area contributed by atoms with Gasteiger partial charge in [0.25, 0.3) is 0 Å². The van der Waals surface area contributed by atoms with Gasteiger partial charge in [0.15, 0.2) is 11.0 Å². The lowest BCUT2D eigenvalue weighted by molar-refractivity contribution is 0.389. The Balaban J connectivity index is 1.79. The maximum Gasteiger partial charge on any atom is 0.196 e. The molecule has 32 heavy (non-hydrogen) atoms. The largest absolute Gasteiger partial charge is 0.497 e. The Kier molecular flexibility index (Phi) is 6.70. The maximum absolute atomic E-state index is 5.69. The van der Waals surface area contributed by atoms with Gasteiger partial charge in [-0.2, -0.15) is 0 Å². The third-order valence-electron chi connectivity index (χ3n) is 5.08. The van der Waals surface area contributed by atoms with E-state index in [1.54, 1.807) is 33.1 Å². The van der Waals surface area contributed by atoms with Gasteiger partial charge in [-0.1, -0.05) is 35.5 Å². The van der Waals surface area contributed by atoms with E-state index < -0.39 is 0 Å². The number of benzene rings is 2. The molecule has 1 N–H and O–H groups in total. The molecule has 2 heterocycles. The third-order valence-corrected chi connectivity index (χ3v) is 6.08. The van der Waals surface area contributed by atoms with Gasteiger partial charge in [-0.05, 0) is 42.8 Å². The van der Waals surface area contributed by atoms with Crippen LogP contribution in [0.1, 0.15) is 18.3 Å². The highest BCUT2D eigenvalue weighted by atomic mass is 32.2. The fraction of sp³-hybridized carbons (Fsp3) is 0.250. The van der Waals surface area contributed by atoms with Crippen molar-refractivity contribution < 1.29 is 14.2 Å². The van der Waals surface area contributed by atoms with Crippen LogP contribution in [-0.2, 0) is 5.75 Å². The summed E-state index contributed by atoms with van der Waals surface area (Å²) in [7, 11) is 4.97. The number of para-hydroxylation sites is 1. The second-order valence-electron chi connectivity index (χ2n) is 7.26. The van der Waals surface area contributed by atoms with Gasteiger partial charge in [-0.15, -0.1) is 10.2 Å². The fourth-order valence-corrected chi connectivity index (χ4v) is 4.38. The summed E-state index contributed by atoms with van der Waals surface area (Å²) >= 11 is 1.60. The average molecular weight is 451 g/mol. The molecule has 0 aliphatic carbocycles. The molecule has 2 aromatic carbocycles. The molecule has 4 rings (SSSR count). The molecule has 0 saturated heterocycles. The number of dihydropyridines is 1. The van der Waals surface area contributed by atoms with Crippen LogP contribution in [0.15, 0.2) is 65.5 Å². The van der Waals surface area contributed by atoms with Crippen molar-refractivity contribution in [1.29, 1.82) is 0 Å². The number of nitrogens with zero attached hydrogens (tertiary/aromatic N) is 3. The first-order valence-electron chi connectivity index (χ1n) is 10.2. The van der Waals surface area contributed by atoms with Crippen LogP contribution in [0.3, 0.4) is 0 Å². The predicted molar refractivity (Wildman–Crippen MR) is 127 cm³/mol. The van der Waals surface area contributed by atoms with Crippen molar-refractivity contribution in [3.05, 3.63) is 71.7 Å². The first kappa shape index (κ1) is 21.8. The van der Waals surface area contributed by atoms with Crippen molar-refractivity contribution >= 4 is 17.3 Å². The molecule has 8 heteroatoms. The lowest BCUT2D eigenvalue weighted by atomic mass is 10.1. The van der Waals surface area contributed by atoms with Gasteiger partial charge in [0.05, 0.1) is 21.3 Å². The monoisotopic (exact) mass is 450 g/mol. The Morgan fingerprint density at radius 2 is 1.69 bits per heavy atom. The second kappa shape index (κ2) is 9.82. The van der Waals surface area contributed by atoms with Crippen LogP contribution in [0.25, 0.3) is 11.3 Å². The molecule has 1 aliphatic heterocycles. The Morgan fingerprint density at radius 3 is 2.31 bits per heavy atom. The van der Waals surface area contributed by atoms with Crippen LogP contribution < -0.4 is 19.5 Å². The number of rotatable bonds is 8. The highest BCUT2D eigenvalue weighted by Gasteiger charge is 2.23. The summed E-state index contributed by atoms with van der Waals surface area (Å²) in [6.45, 7) is 2.90. The van der Waals surface area contributed by atoms with Gasteiger partial charge in [-0.25, -0.2) is 0 Å². The zero-order chi connectivity index (χ0) is 22.5. The lowest BCUT2D eigenvalue weighted by Crippen LogP contribution is -2.15. The standard InChI is InChI=1S/C24H26N4O3S/c1-16-12-18(14-25-13-16)23-26-27-24(32-15-17-8-10-19(29-2)11-9-17)28(23)22-20(30-3)6-5-7-21(22)31-4/h5-12,14,25H,13,15H2,1-4H3. The lowest BCUT2D eigenvalue weighted by Gasteiger charge is -2.18. The normalized spacial score (nSPS) is 13.1. The number of nitrogens with one attached hydrogen (secondary N) is 1. The minimum absolute atomic E-state index is 0.682. The summed E-state index contributed by atoms with van der Waals surface area (Å²) in [4.78, 5) is 0. The molecule has 3 aromatic rings. The van der Waals surface area contributed by atoms with Crippen LogP contribution >= 0.6 is 11.8 Å². The van der Waals surface area contributed by atoms with E-state index in [2.05, 4.69) is 40.6 Å². The molecule has 1 aliphatic rings. The van der Waals surface area contributed by atoms with Crippen molar-refractivity contribution in [2.45, 2.75) is 17.8 Å². The zero-order valence-electron chi connectivity index (χ0n) is 18.6. The quantitative estimate of drug-likeness (QED) is 0.508. The van der Waals surface area contributed by atoms with E-state index in [0.717, 1.165) is 45.9 Å². The highest BCUT2D eigenvalue weighted by molar-refractivity contribution is 7.98. The van der Waals surface area contributed by atoms with Crippen LogP contribution in [0, 0.1) is 0 Å². The Hall–Kier alpha value is -3.39. The minimum Gasteiger partial charge on any atom is -0.497 e. The molecule has 0 amide bonds. The molecule has 1 aromatic heterocycles. The summed E-state index contributed by atoms with van der Waals surface area (Å²) in [5.41, 5.74) is 4.10. The Labute approximate surface area is 192 Å². The van der Waals surface area contributed by atoms with Gasteiger partial charge in [0.2, 0.25) is 0 Å². The van der Waals surface area contributed by atoms with Crippen molar-refractivity contribution in [1.82, 2.24) is 20.1 Å². The fourth-order valence-electron chi connectivity index (χ4n) is 3.48. The summed E-state index contributed by atoms with van der Waals surface area (Å²) in [5.74, 6) is 3.65.